The molecule has 0 fully saturated rings. The molecule has 0 amide bonds. The molecule has 0 atom stereocenters. The van der Waals surface area contributed by atoms with Gasteiger partial charge in [0.15, 0.2) is 11.6 Å². The molecule has 0 spiro atoms. The molecular weight excluding hydrogens is 1750 g/mol. The summed E-state index contributed by atoms with van der Waals surface area (Å²) in [5.41, 5.74) is 55.5. The van der Waals surface area contributed by atoms with Crippen molar-refractivity contribution in [3.63, 3.8) is 0 Å². The van der Waals surface area contributed by atoms with Crippen molar-refractivity contribution < 1.29 is 32.8 Å². The average molecular weight is 1830 g/mol. The highest BCUT2D eigenvalue weighted by Crippen LogP contribution is 2.50. The second-order valence-corrected chi connectivity index (χ2v) is 32.3. The van der Waals surface area contributed by atoms with Crippen LogP contribution in [0.15, 0.2) is 66.7 Å². The molecule has 0 unspecified atom stereocenters. The fourth-order valence-electron chi connectivity index (χ4n) is 14.0. The van der Waals surface area contributed by atoms with Gasteiger partial charge in [0, 0.05) is 121 Å². The quantitative estimate of drug-likeness (QED) is 0.0740. The van der Waals surface area contributed by atoms with E-state index in [1.54, 1.807) is 49.6 Å². The molecule has 0 saturated heterocycles. The Balaban J connectivity index is 0.000000131. The molecule has 6 aromatic carbocycles. The first-order valence-corrected chi connectivity index (χ1v) is 41.2. The van der Waals surface area contributed by atoms with Crippen LogP contribution in [0.3, 0.4) is 0 Å². The van der Waals surface area contributed by atoms with Crippen molar-refractivity contribution in [2.45, 2.75) is 113 Å². The first-order valence-electron chi connectivity index (χ1n) is 37.0. The number of nitrogen functional groups attached to an aromatic ring is 6. The van der Waals surface area contributed by atoms with Crippen molar-refractivity contribution in [1.82, 2.24) is 59.8 Å². The van der Waals surface area contributed by atoms with Gasteiger partial charge >= 0.3 is 0 Å². The van der Waals surface area contributed by atoms with Crippen LogP contribution in [0.25, 0.3) is 67.5 Å². The predicted octanol–water partition coefficient (Wildman–Crippen LogP) is 21.2. The molecule has 24 nitrogen and oxygen atoms in total. The van der Waals surface area contributed by atoms with E-state index in [2.05, 4.69) is 73.7 Å². The van der Waals surface area contributed by atoms with E-state index < -0.39 is 5.82 Å². The SMILES string of the molecule is CC(C)c1cc(-c2c(Cl)cc(Cl)c3c2CCO3)nc(N)n1.CCc1cc(-c2c(Cl)cc(Cl)c3c2CCO3)nc(N)n1.COc1cc(-c2nc(N)nc(C)c2C)c(Cl)cc1Cl.COc1cc(-c2nc(N)nc3c2CCC3)c(Cl)cc1F.Cc1cc(-c2c(Cl)cc(Cl)c3c2CCO3)nc(N)n1.Cc1nc(N)nc(-c2c(Cl)cc(Cl)c3c2CCO3)c1C. The largest absolute Gasteiger partial charge is 0.495 e. The number of halogens is 12. The Morgan fingerprint density at radius 1 is 0.370 bits per heavy atom. The minimum absolute atomic E-state index is 0.133. The third kappa shape index (κ3) is 19.6. The van der Waals surface area contributed by atoms with Crippen molar-refractivity contribution in [1.29, 1.82) is 0 Å². The van der Waals surface area contributed by atoms with Gasteiger partial charge in [0.25, 0.3) is 0 Å². The Morgan fingerprint density at radius 3 is 1.24 bits per heavy atom. The first-order chi connectivity index (χ1) is 56.6. The molecular formula is C83H78Cl11FN18O6. The van der Waals surface area contributed by atoms with Crippen LogP contribution >= 0.6 is 128 Å². The highest BCUT2D eigenvalue weighted by molar-refractivity contribution is 6.40. The summed E-state index contributed by atoms with van der Waals surface area (Å²) in [4.78, 5) is 50.8. The zero-order valence-corrected chi connectivity index (χ0v) is 74.0. The molecule has 119 heavy (non-hydrogen) atoms. The van der Waals surface area contributed by atoms with Crippen LogP contribution in [-0.4, -0.2) is 100 Å². The minimum atomic E-state index is -0.500. The Kier molecular flexibility index (Phi) is 28.4. The number of nitrogens with zero attached hydrogens (tertiary/aromatic N) is 12. The first kappa shape index (κ1) is 88.8. The van der Waals surface area contributed by atoms with E-state index >= 15 is 0 Å². The van der Waals surface area contributed by atoms with Crippen LogP contribution in [0.5, 0.6) is 34.5 Å². The van der Waals surface area contributed by atoms with Gasteiger partial charge in [0.05, 0.1) is 130 Å². The van der Waals surface area contributed by atoms with Crippen LogP contribution < -0.4 is 62.8 Å². The molecule has 10 heterocycles. The standard InChI is InChI=1S/C15H15Cl2N3O.2C14H13Cl2N3O.C14H13ClFN3O.C13H11Cl2N3O.C13H13Cl2N3O/c1-7(2)11-6-12(20-15(18)19-11)13-8-3-4-21-14(8)10(17)5-9(13)16;1-6-7(2)18-14(17)19-12(6)11-8-3-4-20-13(8)10(16)5-9(11)15;1-2-7-5-11(19-14(17)18-7)12-8-3-4-20-13(8)10(16)6-9(12)15;1-20-12-5-8(9(15)6-10(12)16)13-7-3-2-4-11(7)18-14(17)19-13;1-6-4-10(18-13(16)17-6)11-7-2-3-19-12(7)9(15)5-8(11)14;1-6-7(2)17-13(16)18-12(6)8-4-11(19-3)10(15)5-9(8)14/h5-7H,3-4H2,1-2H3,(H2,18,19,20);5H,3-4H2,1-2H3,(H2,17,18,19);2*5-6H,2-4H2,1H3,(H2,17,18,19);4-5H,2-3H2,1H3,(H2,16,17,18);4-5H,1-3H3,(H2,16,17,18). The number of hydrogen-bond donors (Lipinski definition) is 6. The summed E-state index contributed by atoms with van der Waals surface area (Å²) in [5, 5.41) is 5.56. The highest BCUT2D eigenvalue weighted by Gasteiger charge is 2.31. The van der Waals surface area contributed by atoms with Crippen LogP contribution in [0.4, 0.5) is 40.1 Å². The molecule has 6 aromatic heterocycles. The van der Waals surface area contributed by atoms with Gasteiger partial charge in [0.1, 0.15) is 28.7 Å². The number of fused-ring (bicyclic) bond motifs is 5. The molecule has 0 radical (unpaired) electrons. The van der Waals surface area contributed by atoms with Gasteiger partial charge < -0.3 is 62.8 Å². The summed E-state index contributed by atoms with van der Waals surface area (Å²) < 4.78 is 46.1. The van der Waals surface area contributed by atoms with E-state index in [0.717, 1.165) is 169 Å². The number of anilines is 6. The number of ether oxygens (including phenoxy) is 6. The summed E-state index contributed by atoms with van der Waals surface area (Å²) in [5.74, 6) is 4.58. The van der Waals surface area contributed by atoms with Crippen LogP contribution in [-0.2, 0) is 44.9 Å². The molecule has 36 heteroatoms. The van der Waals surface area contributed by atoms with E-state index in [9.17, 15) is 4.39 Å². The second kappa shape index (κ2) is 38.1. The summed E-state index contributed by atoms with van der Waals surface area (Å²) in [6, 6.07) is 18.6. The fraction of sp³-hybridized carbons (Fsp3) is 0.277. The molecule has 1 aliphatic carbocycles. The van der Waals surface area contributed by atoms with Gasteiger partial charge in [-0.2, -0.15) is 0 Å². The molecule has 17 rings (SSSR count). The maximum atomic E-state index is 13.6. The summed E-state index contributed by atoms with van der Waals surface area (Å²) in [6.45, 7) is 18.0. The number of rotatable bonds is 10. The highest BCUT2D eigenvalue weighted by atomic mass is 35.5. The van der Waals surface area contributed by atoms with Crippen molar-refractivity contribution in [2.24, 2.45) is 0 Å². The maximum Gasteiger partial charge on any atom is 0.220 e. The molecule has 0 saturated carbocycles. The number of hydrogen-bond acceptors (Lipinski definition) is 24. The van der Waals surface area contributed by atoms with E-state index in [-0.39, 0.29) is 52.4 Å². The lowest BCUT2D eigenvalue weighted by Gasteiger charge is -2.14. The molecule has 620 valence electrons. The minimum Gasteiger partial charge on any atom is -0.495 e. The van der Waals surface area contributed by atoms with Crippen LogP contribution in [0.1, 0.15) is 106 Å². The van der Waals surface area contributed by atoms with Crippen molar-refractivity contribution in [3.8, 4) is 102 Å². The van der Waals surface area contributed by atoms with E-state index in [1.807, 2.05) is 59.7 Å². The van der Waals surface area contributed by atoms with Gasteiger partial charge in [-0.3, -0.25) is 0 Å². The number of benzene rings is 6. The molecule has 12 N–H and O–H groups in total. The van der Waals surface area contributed by atoms with E-state index in [1.165, 1.54) is 13.2 Å². The monoisotopic (exact) mass is 1830 g/mol. The van der Waals surface area contributed by atoms with Crippen LogP contribution in [0.2, 0.25) is 55.2 Å². The second-order valence-electron chi connectivity index (χ2n) is 27.8. The van der Waals surface area contributed by atoms with Crippen molar-refractivity contribution in [2.75, 3.05) is 75.0 Å². The Bertz CT molecular complexity index is 5960. The number of methoxy groups -OCH3 is 2. The van der Waals surface area contributed by atoms with Gasteiger partial charge in [-0.05, 0) is 144 Å². The summed E-state index contributed by atoms with van der Waals surface area (Å²) >= 11 is 68.5. The third-order valence-electron chi connectivity index (χ3n) is 19.7. The Morgan fingerprint density at radius 2 is 0.756 bits per heavy atom. The van der Waals surface area contributed by atoms with Gasteiger partial charge in [0.2, 0.25) is 35.7 Å². The Hall–Kier alpha value is -9.48. The molecule has 5 aliphatic rings. The lowest BCUT2D eigenvalue weighted by molar-refractivity contribution is 0.357. The van der Waals surface area contributed by atoms with E-state index in [0.29, 0.717) is 128 Å². The smallest absolute Gasteiger partial charge is 0.220 e. The fourth-order valence-corrected chi connectivity index (χ4v) is 17.4. The van der Waals surface area contributed by atoms with Crippen LogP contribution in [0, 0.1) is 40.4 Å². The zero-order chi connectivity index (χ0) is 85.9. The third-order valence-corrected chi connectivity index (χ3v) is 22.9. The Labute approximate surface area is 740 Å². The lowest BCUT2D eigenvalue weighted by atomic mass is 9.98. The molecule has 4 aliphatic heterocycles. The number of aromatic nitrogens is 12. The summed E-state index contributed by atoms with van der Waals surface area (Å²) in [7, 11) is 2.96. The zero-order valence-electron chi connectivity index (χ0n) is 65.7. The lowest BCUT2D eigenvalue weighted by Crippen LogP contribution is -2.03. The van der Waals surface area contributed by atoms with Crippen molar-refractivity contribution >= 4 is 163 Å². The topological polar surface area (TPSA) is 366 Å². The van der Waals surface area contributed by atoms with E-state index in [4.69, 9.17) is 190 Å². The maximum absolute atomic E-state index is 13.6. The average Bonchev–Trinajstić information content (AvgIpc) is 1.73. The van der Waals surface area contributed by atoms with Crippen molar-refractivity contribution in [3.05, 3.63) is 201 Å². The molecule has 12 aromatic rings. The summed E-state index contributed by atoms with van der Waals surface area (Å²) in [6.07, 6.45) is 6.58. The number of aryl methyl sites for hydroxylation is 5. The molecule has 0 bridgehead atoms. The predicted molar refractivity (Wildman–Crippen MR) is 475 cm³/mol. The normalized spacial score (nSPS) is 12.8. The van der Waals surface area contributed by atoms with Gasteiger partial charge in [-0.1, -0.05) is 148 Å². The van der Waals surface area contributed by atoms with Gasteiger partial charge in [-0.15, -0.1) is 0 Å². The van der Waals surface area contributed by atoms with Gasteiger partial charge in [-0.25, -0.2) is 64.2 Å². The number of nitrogens with two attached hydrogens (primary N) is 6.